The van der Waals surface area contributed by atoms with E-state index in [0.717, 1.165) is 5.56 Å². The lowest BCUT2D eigenvalue weighted by Crippen LogP contribution is -2.17. The predicted octanol–water partition coefficient (Wildman–Crippen LogP) is 2.18. The van der Waals surface area contributed by atoms with Gasteiger partial charge >= 0.3 is 6.09 Å². The average molecular weight is 248 g/mol. The Balaban J connectivity index is 2.96. The van der Waals surface area contributed by atoms with Crippen molar-refractivity contribution in [3.05, 3.63) is 29.6 Å². The van der Waals surface area contributed by atoms with Gasteiger partial charge in [-0.25, -0.2) is 9.18 Å². The minimum Gasteiger partial charge on any atom is -0.407 e. The fourth-order valence-electron chi connectivity index (χ4n) is 0.817. The molecule has 3 nitrogen and oxygen atoms in total. The molecule has 13 heavy (non-hydrogen) atoms. The third-order valence-electron chi connectivity index (χ3n) is 1.36. The summed E-state index contributed by atoms with van der Waals surface area (Å²) in [6, 6.07) is 4.21. The van der Waals surface area contributed by atoms with Gasteiger partial charge in [0, 0.05) is 5.33 Å². The molecule has 0 unspecified atom stereocenters. The largest absolute Gasteiger partial charge is 0.410 e. The lowest BCUT2D eigenvalue weighted by Gasteiger charge is -2.03. The number of ether oxygens (including phenoxy) is 1. The molecule has 5 heteroatoms. The Bertz CT molecular complexity index is 330. The Morgan fingerprint density at radius 2 is 2.31 bits per heavy atom. The molecule has 1 amide bonds. The van der Waals surface area contributed by atoms with Gasteiger partial charge in [-0.2, -0.15) is 0 Å². The van der Waals surface area contributed by atoms with Gasteiger partial charge < -0.3 is 10.5 Å². The van der Waals surface area contributed by atoms with Crippen molar-refractivity contribution in [2.45, 2.75) is 5.33 Å². The van der Waals surface area contributed by atoms with Gasteiger partial charge in [0.15, 0.2) is 11.6 Å². The second-order valence-corrected chi connectivity index (χ2v) is 2.88. The summed E-state index contributed by atoms with van der Waals surface area (Å²) in [6.07, 6.45) is -1.02. The average Bonchev–Trinajstić information content (AvgIpc) is 2.08. The number of carbonyl (C=O) groups is 1. The van der Waals surface area contributed by atoms with Crippen LogP contribution in [0.5, 0.6) is 5.75 Å². The molecule has 0 aliphatic carbocycles. The smallest absolute Gasteiger partial charge is 0.407 e. The predicted molar refractivity (Wildman–Crippen MR) is 49.2 cm³/mol. The quantitative estimate of drug-likeness (QED) is 0.815. The van der Waals surface area contributed by atoms with Crippen molar-refractivity contribution in [2.24, 2.45) is 5.73 Å². The number of carbonyl (C=O) groups excluding carboxylic acids is 1. The van der Waals surface area contributed by atoms with Crippen molar-refractivity contribution in [3.8, 4) is 5.75 Å². The SMILES string of the molecule is NC(=O)Oc1cc(CBr)ccc1F. The highest BCUT2D eigenvalue weighted by molar-refractivity contribution is 9.08. The standard InChI is InChI=1S/C8H7BrFNO2/c9-4-5-1-2-6(10)7(3-5)13-8(11)12/h1-3H,4H2,(H2,11,12). The van der Waals surface area contributed by atoms with Crippen LogP contribution < -0.4 is 10.5 Å². The van der Waals surface area contributed by atoms with Gasteiger partial charge in [-0.15, -0.1) is 0 Å². The van der Waals surface area contributed by atoms with Crippen LogP contribution in [0.1, 0.15) is 5.56 Å². The maximum atomic E-state index is 12.9. The van der Waals surface area contributed by atoms with Crippen molar-refractivity contribution >= 4 is 22.0 Å². The molecule has 1 rings (SSSR count). The Labute approximate surface area is 82.8 Å². The first kappa shape index (κ1) is 9.98. The molecule has 0 aliphatic heterocycles. The molecule has 0 fully saturated rings. The van der Waals surface area contributed by atoms with Crippen LogP contribution in [0.3, 0.4) is 0 Å². The molecular formula is C8H7BrFNO2. The van der Waals surface area contributed by atoms with Gasteiger partial charge in [-0.1, -0.05) is 22.0 Å². The molecule has 0 heterocycles. The summed E-state index contributed by atoms with van der Waals surface area (Å²) in [5, 5.41) is 0.558. The Morgan fingerprint density at radius 3 is 2.85 bits per heavy atom. The summed E-state index contributed by atoms with van der Waals surface area (Å²) in [7, 11) is 0. The van der Waals surface area contributed by atoms with Crippen LogP contribution in [0.15, 0.2) is 18.2 Å². The first-order chi connectivity index (χ1) is 6.13. The van der Waals surface area contributed by atoms with Crippen molar-refractivity contribution in [3.63, 3.8) is 0 Å². The Morgan fingerprint density at radius 1 is 1.62 bits per heavy atom. The normalized spacial score (nSPS) is 9.69. The fourth-order valence-corrected chi connectivity index (χ4v) is 1.17. The topological polar surface area (TPSA) is 52.3 Å². The summed E-state index contributed by atoms with van der Waals surface area (Å²) < 4.78 is 17.3. The van der Waals surface area contributed by atoms with Gasteiger partial charge in [-0.05, 0) is 17.7 Å². The third kappa shape index (κ3) is 2.69. The Hall–Kier alpha value is -1.10. The maximum absolute atomic E-state index is 12.9. The van der Waals surface area contributed by atoms with E-state index in [9.17, 15) is 9.18 Å². The molecule has 1 aromatic carbocycles. The number of primary amides is 1. The minimum atomic E-state index is -1.02. The Kier molecular flexibility index (Phi) is 3.25. The molecule has 0 saturated heterocycles. The van der Waals surface area contributed by atoms with E-state index in [4.69, 9.17) is 5.73 Å². The van der Waals surface area contributed by atoms with Gasteiger partial charge in [0.1, 0.15) is 0 Å². The van der Waals surface area contributed by atoms with E-state index >= 15 is 0 Å². The molecule has 1 aromatic rings. The van der Waals surface area contributed by atoms with Crippen LogP contribution in [-0.2, 0) is 5.33 Å². The van der Waals surface area contributed by atoms with Gasteiger partial charge in [0.2, 0.25) is 0 Å². The van der Waals surface area contributed by atoms with Crippen LogP contribution in [-0.4, -0.2) is 6.09 Å². The number of hydrogen-bond donors (Lipinski definition) is 1. The lowest BCUT2D eigenvalue weighted by atomic mass is 10.2. The minimum absolute atomic E-state index is 0.149. The second-order valence-electron chi connectivity index (χ2n) is 2.32. The van der Waals surface area contributed by atoms with Crippen LogP contribution in [0.4, 0.5) is 9.18 Å². The zero-order valence-electron chi connectivity index (χ0n) is 6.59. The number of halogens is 2. The molecule has 0 aliphatic rings. The summed E-state index contributed by atoms with van der Waals surface area (Å²) in [4.78, 5) is 10.3. The number of hydrogen-bond acceptors (Lipinski definition) is 2. The van der Waals surface area contributed by atoms with E-state index in [1.165, 1.54) is 12.1 Å². The highest BCUT2D eigenvalue weighted by atomic mass is 79.9. The number of alkyl halides is 1. The summed E-state index contributed by atoms with van der Waals surface area (Å²) in [5.41, 5.74) is 5.55. The number of benzene rings is 1. The molecule has 0 aromatic heterocycles. The van der Waals surface area contributed by atoms with Crippen LogP contribution in [0, 0.1) is 5.82 Å². The van der Waals surface area contributed by atoms with Crippen LogP contribution >= 0.6 is 15.9 Å². The van der Waals surface area contributed by atoms with E-state index in [1.54, 1.807) is 6.07 Å². The summed E-state index contributed by atoms with van der Waals surface area (Å²) in [5.74, 6) is -0.757. The van der Waals surface area contributed by atoms with E-state index in [0.29, 0.717) is 5.33 Å². The molecular weight excluding hydrogens is 241 g/mol. The highest BCUT2D eigenvalue weighted by Gasteiger charge is 2.06. The van der Waals surface area contributed by atoms with Crippen LogP contribution in [0.2, 0.25) is 0 Å². The van der Waals surface area contributed by atoms with Gasteiger partial charge in [-0.3, -0.25) is 0 Å². The van der Waals surface area contributed by atoms with Crippen molar-refractivity contribution in [2.75, 3.05) is 0 Å². The van der Waals surface area contributed by atoms with Gasteiger partial charge in [0.05, 0.1) is 0 Å². The molecule has 0 radical (unpaired) electrons. The summed E-state index contributed by atoms with van der Waals surface area (Å²) >= 11 is 3.19. The van der Waals surface area contributed by atoms with Crippen molar-refractivity contribution in [1.82, 2.24) is 0 Å². The maximum Gasteiger partial charge on any atom is 0.410 e. The first-order valence-electron chi connectivity index (χ1n) is 3.45. The summed E-state index contributed by atoms with van der Waals surface area (Å²) in [6.45, 7) is 0. The fraction of sp³-hybridized carbons (Fsp3) is 0.125. The highest BCUT2D eigenvalue weighted by Crippen LogP contribution is 2.20. The molecule has 70 valence electrons. The van der Waals surface area contributed by atoms with Crippen molar-refractivity contribution < 1.29 is 13.9 Å². The zero-order chi connectivity index (χ0) is 9.84. The lowest BCUT2D eigenvalue weighted by molar-refractivity contribution is 0.208. The number of rotatable bonds is 2. The van der Waals surface area contributed by atoms with E-state index < -0.39 is 11.9 Å². The monoisotopic (exact) mass is 247 g/mol. The molecule has 0 atom stereocenters. The van der Waals surface area contributed by atoms with E-state index in [-0.39, 0.29) is 5.75 Å². The zero-order valence-corrected chi connectivity index (χ0v) is 8.17. The first-order valence-corrected chi connectivity index (χ1v) is 4.57. The van der Waals surface area contributed by atoms with E-state index in [1.807, 2.05) is 0 Å². The van der Waals surface area contributed by atoms with Gasteiger partial charge in [0.25, 0.3) is 0 Å². The number of amides is 1. The molecule has 0 spiro atoms. The molecule has 0 bridgehead atoms. The van der Waals surface area contributed by atoms with Crippen molar-refractivity contribution in [1.29, 1.82) is 0 Å². The molecule has 2 N–H and O–H groups in total. The molecule has 0 saturated carbocycles. The number of nitrogens with two attached hydrogens (primary N) is 1. The second kappa shape index (κ2) is 4.23. The third-order valence-corrected chi connectivity index (χ3v) is 2.01. The van der Waals surface area contributed by atoms with Crippen LogP contribution in [0.25, 0.3) is 0 Å². The van der Waals surface area contributed by atoms with E-state index in [2.05, 4.69) is 20.7 Å².